The largest absolute Gasteiger partial charge is 0.355 e. The van der Waals surface area contributed by atoms with Gasteiger partial charge in [0.25, 0.3) is 0 Å². The molecule has 2 rings (SSSR count). The number of rotatable bonds is 3. The molecule has 0 bridgehead atoms. The molecule has 2 atom stereocenters. The lowest BCUT2D eigenvalue weighted by atomic mass is 9.83. The van der Waals surface area contributed by atoms with Gasteiger partial charge in [-0.2, -0.15) is 5.26 Å². The highest BCUT2D eigenvalue weighted by molar-refractivity contribution is 6.34. The van der Waals surface area contributed by atoms with Crippen LogP contribution in [0.1, 0.15) is 31.2 Å². The molecule has 1 aliphatic carbocycles. The maximum Gasteiger partial charge on any atom is 0.148 e. The number of hydrogen-bond acceptors (Lipinski definition) is 4. The fourth-order valence-electron chi connectivity index (χ4n) is 2.89. The van der Waals surface area contributed by atoms with Crippen LogP contribution in [0.5, 0.6) is 0 Å². The van der Waals surface area contributed by atoms with Crippen LogP contribution in [0.15, 0.2) is 12.3 Å². The maximum atomic E-state index is 9.03. The number of nitriles is 1. The Morgan fingerprint density at radius 1 is 1.53 bits per heavy atom. The van der Waals surface area contributed by atoms with Crippen molar-refractivity contribution in [3.63, 3.8) is 0 Å². The zero-order valence-electron chi connectivity index (χ0n) is 11.1. The Balaban J connectivity index is 2.28. The summed E-state index contributed by atoms with van der Waals surface area (Å²) in [5, 5.41) is 9.47. The zero-order valence-corrected chi connectivity index (χ0v) is 11.9. The lowest BCUT2D eigenvalue weighted by Crippen LogP contribution is -2.43. The highest BCUT2D eigenvalue weighted by atomic mass is 35.5. The average molecular weight is 279 g/mol. The molecule has 2 unspecified atom stereocenters. The first-order valence-corrected chi connectivity index (χ1v) is 7.04. The number of halogens is 1. The van der Waals surface area contributed by atoms with Crippen LogP contribution in [0.2, 0.25) is 5.02 Å². The minimum Gasteiger partial charge on any atom is -0.355 e. The topological polar surface area (TPSA) is 65.9 Å². The summed E-state index contributed by atoms with van der Waals surface area (Å²) in [5.74, 6) is 1.16. The first-order valence-electron chi connectivity index (χ1n) is 6.66. The van der Waals surface area contributed by atoms with Gasteiger partial charge in [0.1, 0.15) is 16.9 Å². The van der Waals surface area contributed by atoms with Crippen LogP contribution in [-0.2, 0) is 0 Å². The Hall–Kier alpha value is -1.31. The van der Waals surface area contributed by atoms with Gasteiger partial charge in [-0.1, -0.05) is 24.4 Å². The highest BCUT2D eigenvalue weighted by Crippen LogP contribution is 2.33. The van der Waals surface area contributed by atoms with E-state index in [-0.39, 0.29) is 0 Å². The van der Waals surface area contributed by atoms with E-state index in [2.05, 4.69) is 16.0 Å². The van der Waals surface area contributed by atoms with Gasteiger partial charge in [-0.15, -0.1) is 0 Å². The molecule has 0 amide bonds. The van der Waals surface area contributed by atoms with E-state index in [1.165, 1.54) is 12.8 Å². The van der Waals surface area contributed by atoms with Gasteiger partial charge in [0.05, 0.1) is 5.56 Å². The first-order chi connectivity index (χ1) is 9.19. The standard InChI is InChI=1S/C14H19ClN4/c1-19(12-5-3-2-4-10(12)8-16)14-13(15)11(9-17)6-7-18-14/h6-7,10,12H,2-5,8,16H2,1H3. The van der Waals surface area contributed by atoms with Crippen LogP contribution in [0, 0.1) is 17.2 Å². The molecular formula is C14H19ClN4. The monoisotopic (exact) mass is 278 g/mol. The molecule has 1 fully saturated rings. The molecule has 1 aliphatic rings. The molecule has 0 aliphatic heterocycles. The van der Waals surface area contributed by atoms with Gasteiger partial charge in [0, 0.05) is 19.3 Å². The van der Waals surface area contributed by atoms with Crippen molar-refractivity contribution in [2.24, 2.45) is 11.7 Å². The van der Waals surface area contributed by atoms with Crippen LogP contribution < -0.4 is 10.6 Å². The Morgan fingerprint density at radius 2 is 2.26 bits per heavy atom. The summed E-state index contributed by atoms with van der Waals surface area (Å²) in [5.41, 5.74) is 6.34. The van der Waals surface area contributed by atoms with Crippen molar-refractivity contribution >= 4 is 17.4 Å². The number of nitrogens with zero attached hydrogens (tertiary/aromatic N) is 3. The van der Waals surface area contributed by atoms with Crippen molar-refractivity contribution in [2.45, 2.75) is 31.7 Å². The van der Waals surface area contributed by atoms with Gasteiger partial charge < -0.3 is 10.6 Å². The summed E-state index contributed by atoms with van der Waals surface area (Å²) in [6, 6.07) is 4.09. The minimum atomic E-state index is 0.359. The van der Waals surface area contributed by atoms with E-state index >= 15 is 0 Å². The second-order valence-corrected chi connectivity index (χ2v) is 5.44. The molecule has 5 heteroatoms. The number of aromatic nitrogens is 1. The fourth-order valence-corrected chi connectivity index (χ4v) is 3.18. The summed E-state index contributed by atoms with van der Waals surface area (Å²) in [6.45, 7) is 0.685. The van der Waals surface area contributed by atoms with Crippen molar-refractivity contribution in [1.29, 1.82) is 5.26 Å². The molecule has 0 aromatic carbocycles. The van der Waals surface area contributed by atoms with Gasteiger partial charge in [-0.05, 0) is 31.4 Å². The predicted molar refractivity (Wildman–Crippen MR) is 77.2 cm³/mol. The summed E-state index contributed by atoms with van der Waals surface area (Å²) >= 11 is 6.26. The van der Waals surface area contributed by atoms with Crippen LogP contribution >= 0.6 is 11.6 Å². The summed E-state index contributed by atoms with van der Waals surface area (Å²) in [4.78, 5) is 6.43. The number of hydrogen-bond donors (Lipinski definition) is 1. The average Bonchev–Trinajstić information content (AvgIpc) is 2.46. The molecule has 0 saturated heterocycles. The minimum absolute atomic E-state index is 0.359. The van der Waals surface area contributed by atoms with Crippen LogP contribution in [0.25, 0.3) is 0 Å². The highest BCUT2D eigenvalue weighted by Gasteiger charge is 2.29. The molecule has 0 radical (unpaired) electrons. The molecule has 1 heterocycles. The van der Waals surface area contributed by atoms with Gasteiger partial charge in [0.2, 0.25) is 0 Å². The van der Waals surface area contributed by atoms with E-state index in [0.717, 1.165) is 12.8 Å². The van der Waals surface area contributed by atoms with Gasteiger partial charge in [-0.25, -0.2) is 4.98 Å². The molecule has 102 valence electrons. The summed E-state index contributed by atoms with van der Waals surface area (Å²) in [6.07, 6.45) is 6.34. The SMILES string of the molecule is CN(c1nccc(C#N)c1Cl)C1CCCCC1CN. The predicted octanol–water partition coefficient (Wildman–Crippen LogP) is 2.56. The lowest BCUT2D eigenvalue weighted by Gasteiger charge is -2.38. The maximum absolute atomic E-state index is 9.03. The van der Waals surface area contributed by atoms with Crippen LogP contribution in [0.3, 0.4) is 0 Å². The van der Waals surface area contributed by atoms with Gasteiger partial charge in [0.15, 0.2) is 0 Å². The van der Waals surface area contributed by atoms with Crippen molar-refractivity contribution in [2.75, 3.05) is 18.5 Å². The van der Waals surface area contributed by atoms with Crippen LogP contribution in [0.4, 0.5) is 5.82 Å². The second-order valence-electron chi connectivity index (χ2n) is 5.07. The van der Waals surface area contributed by atoms with E-state index in [0.29, 0.717) is 34.9 Å². The lowest BCUT2D eigenvalue weighted by molar-refractivity contribution is 0.305. The molecule has 0 spiro atoms. The zero-order chi connectivity index (χ0) is 13.8. The Labute approximate surface area is 119 Å². The number of anilines is 1. The van der Waals surface area contributed by atoms with Gasteiger partial charge >= 0.3 is 0 Å². The first kappa shape index (κ1) is 14.1. The summed E-state index contributed by atoms with van der Waals surface area (Å²) < 4.78 is 0. The number of nitrogens with two attached hydrogens (primary N) is 1. The van der Waals surface area contributed by atoms with Crippen molar-refractivity contribution in [3.05, 3.63) is 22.8 Å². The summed E-state index contributed by atoms with van der Waals surface area (Å²) in [7, 11) is 1.99. The third-order valence-corrected chi connectivity index (χ3v) is 4.37. The molecule has 19 heavy (non-hydrogen) atoms. The smallest absolute Gasteiger partial charge is 0.148 e. The molecule has 4 nitrogen and oxygen atoms in total. The Morgan fingerprint density at radius 3 is 2.95 bits per heavy atom. The fraction of sp³-hybridized carbons (Fsp3) is 0.571. The second kappa shape index (κ2) is 6.23. The normalized spacial score (nSPS) is 22.8. The quantitative estimate of drug-likeness (QED) is 0.923. The van der Waals surface area contributed by atoms with E-state index in [1.54, 1.807) is 12.3 Å². The third kappa shape index (κ3) is 2.83. The van der Waals surface area contributed by atoms with Crippen molar-refractivity contribution in [1.82, 2.24) is 4.98 Å². The molecule has 2 N–H and O–H groups in total. The Bertz CT molecular complexity index is 483. The molecule has 1 saturated carbocycles. The molecule has 1 aromatic rings. The Kier molecular flexibility index (Phi) is 4.62. The molecule has 1 aromatic heterocycles. The van der Waals surface area contributed by atoms with Crippen molar-refractivity contribution < 1.29 is 0 Å². The van der Waals surface area contributed by atoms with Crippen LogP contribution in [-0.4, -0.2) is 24.6 Å². The molecular weight excluding hydrogens is 260 g/mol. The van der Waals surface area contributed by atoms with E-state index in [4.69, 9.17) is 22.6 Å². The third-order valence-electron chi connectivity index (χ3n) is 3.99. The van der Waals surface area contributed by atoms with E-state index in [9.17, 15) is 0 Å². The van der Waals surface area contributed by atoms with Crippen molar-refractivity contribution in [3.8, 4) is 6.07 Å². The van der Waals surface area contributed by atoms with Gasteiger partial charge in [-0.3, -0.25) is 0 Å². The number of pyridine rings is 1. The van der Waals surface area contributed by atoms with E-state index < -0.39 is 0 Å². The van der Waals surface area contributed by atoms with E-state index in [1.807, 2.05) is 7.05 Å².